The highest BCUT2D eigenvalue weighted by Crippen LogP contribution is 2.44. The zero-order valence-corrected chi connectivity index (χ0v) is 14.1. The van der Waals surface area contributed by atoms with Gasteiger partial charge in [-0.3, -0.25) is 9.59 Å². The summed E-state index contributed by atoms with van der Waals surface area (Å²) >= 11 is 6.97. The molecule has 136 valence electrons. The minimum Gasteiger partial charge on any atom is -0.504 e. The number of carboxylic acid groups (broad SMARTS) is 1. The first kappa shape index (κ1) is 18.2. The number of carbonyl (C=O) groups is 2. The van der Waals surface area contributed by atoms with Crippen molar-refractivity contribution in [3.63, 3.8) is 0 Å². The molecule has 2 aromatic heterocycles. The summed E-state index contributed by atoms with van der Waals surface area (Å²) in [4.78, 5) is 26.2. The van der Waals surface area contributed by atoms with E-state index in [9.17, 15) is 27.9 Å². The molecule has 6 nitrogen and oxygen atoms in total. The van der Waals surface area contributed by atoms with Gasteiger partial charge in [-0.25, -0.2) is 4.98 Å². The lowest BCUT2D eigenvalue weighted by Gasteiger charge is -2.07. The number of thiophene rings is 1. The Labute approximate surface area is 151 Å². The first-order chi connectivity index (χ1) is 12.1. The average molecular weight is 405 g/mol. The van der Waals surface area contributed by atoms with E-state index < -0.39 is 41.6 Å². The third-order valence-corrected chi connectivity index (χ3v) is 4.94. The molecule has 0 saturated carbocycles. The van der Waals surface area contributed by atoms with Gasteiger partial charge < -0.3 is 15.5 Å². The largest absolute Gasteiger partial charge is 0.504 e. The molecule has 0 atom stereocenters. The van der Waals surface area contributed by atoms with Crippen molar-refractivity contribution in [1.82, 2.24) is 10.3 Å². The molecule has 0 aliphatic rings. The normalized spacial score (nSPS) is 11.8. The number of aromatic nitrogens is 1. The van der Waals surface area contributed by atoms with Crippen molar-refractivity contribution < 1.29 is 33.0 Å². The fraction of sp³-hybridized carbons (Fsp3) is 0.133. The highest BCUT2D eigenvalue weighted by Gasteiger charge is 2.31. The number of alkyl halides is 3. The molecule has 0 fully saturated rings. The lowest BCUT2D eigenvalue weighted by molar-refractivity contribution is -0.137. The molecule has 0 saturated heterocycles. The van der Waals surface area contributed by atoms with Crippen LogP contribution in [0.1, 0.15) is 16.1 Å². The highest BCUT2D eigenvalue weighted by molar-refractivity contribution is 7.26. The maximum Gasteiger partial charge on any atom is 0.416 e. The molecule has 3 N–H and O–H groups in total. The number of amides is 1. The number of benzene rings is 1. The average Bonchev–Trinajstić information content (AvgIpc) is 2.94. The number of aromatic hydroxyl groups is 1. The van der Waals surface area contributed by atoms with Crippen LogP contribution in [-0.4, -0.2) is 33.6 Å². The fourth-order valence-corrected chi connectivity index (χ4v) is 3.82. The molecule has 1 amide bonds. The molecule has 0 spiro atoms. The summed E-state index contributed by atoms with van der Waals surface area (Å²) in [5.41, 5.74) is -1.39. The van der Waals surface area contributed by atoms with Crippen LogP contribution in [0.3, 0.4) is 0 Å². The SMILES string of the molecule is O=C(O)CNC(=O)c1nc(Cl)c2c(sc3ccc(C(F)(F)F)cc32)c1O. The van der Waals surface area contributed by atoms with E-state index >= 15 is 0 Å². The van der Waals surface area contributed by atoms with Crippen LogP contribution in [0, 0.1) is 0 Å². The second-order valence-corrected chi connectivity index (χ2v) is 6.60. The minimum atomic E-state index is -4.55. The summed E-state index contributed by atoms with van der Waals surface area (Å²) in [6.45, 7) is -0.697. The van der Waals surface area contributed by atoms with E-state index in [1.807, 2.05) is 5.32 Å². The van der Waals surface area contributed by atoms with Crippen LogP contribution in [0.15, 0.2) is 18.2 Å². The highest BCUT2D eigenvalue weighted by atomic mass is 35.5. The number of carbonyl (C=O) groups excluding carboxylic acids is 1. The van der Waals surface area contributed by atoms with Gasteiger partial charge in [0.25, 0.3) is 5.91 Å². The second kappa shape index (κ2) is 6.29. The molecule has 1 aromatic carbocycles. The molecular weight excluding hydrogens is 397 g/mol. The van der Waals surface area contributed by atoms with Gasteiger partial charge in [0.05, 0.1) is 10.3 Å². The topological polar surface area (TPSA) is 99.5 Å². The molecule has 0 aliphatic heterocycles. The van der Waals surface area contributed by atoms with Crippen LogP contribution in [0.5, 0.6) is 5.75 Å². The number of halogens is 4. The molecule has 0 unspecified atom stereocenters. The summed E-state index contributed by atoms with van der Waals surface area (Å²) in [6, 6.07) is 3.03. The van der Waals surface area contributed by atoms with E-state index in [2.05, 4.69) is 4.98 Å². The standard InChI is InChI=1S/C15H8ClF3N2O4S/c16-13-9-6-3-5(15(17,18)19)1-2-7(6)26-12(9)11(24)10(21-13)14(25)20-4-8(22)23/h1-3,24H,4H2,(H,20,25)(H,22,23). The van der Waals surface area contributed by atoms with E-state index in [0.717, 1.165) is 23.5 Å². The number of pyridine rings is 1. The van der Waals surface area contributed by atoms with Crippen molar-refractivity contribution in [2.24, 2.45) is 0 Å². The number of carboxylic acids is 1. The van der Waals surface area contributed by atoms with Crippen molar-refractivity contribution in [3.8, 4) is 5.75 Å². The second-order valence-electron chi connectivity index (χ2n) is 5.19. The summed E-state index contributed by atoms with van der Waals surface area (Å²) in [7, 11) is 0. The van der Waals surface area contributed by atoms with E-state index in [-0.39, 0.29) is 20.6 Å². The van der Waals surface area contributed by atoms with Gasteiger partial charge >= 0.3 is 12.1 Å². The molecular formula is C15H8ClF3N2O4S. The monoisotopic (exact) mass is 404 g/mol. The first-order valence-corrected chi connectivity index (χ1v) is 8.11. The van der Waals surface area contributed by atoms with Crippen molar-refractivity contribution >= 4 is 55.0 Å². The van der Waals surface area contributed by atoms with Crippen LogP contribution in [0.2, 0.25) is 5.15 Å². The number of hydrogen-bond acceptors (Lipinski definition) is 5. The van der Waals surface area contributed by atoms with Gasteiger partial charge in [-0.05, 0) is 18.2 Å². The van der Waals surface area contributed by atoms with E-state index in [1.54, 1.807) is 0 Å². The van der Waals surface area contributed by atoms with Crippen molar-refractivity contribution in [3.05, 3.63) is 34.6 Å². The van der Waals surface area contributed by atoms with Crippen molar-refractivity contribution in [2.75, 3.05) is 6.54 Å². The van der Waals surface area contributed by atoms with Crippen molar-refractivity contribution in [1.29, 1.82) is 0 Å². The maximum absolute atomic E-state index is 12.9. The smallest absolute Gasteiger partial charge is 0.416 e. The third kappa shape index (κ3) is 3.13. The summed E-state index contributed by atoms with van der Waals surface area (Å²) < 4.78 is 39.3. The molecule has 0 bridgehead atoms. The molecule has 0 aliphatic carbocycles. The lowest BCUT2D eigenvalue weighted by atomic mass is 10.1. The van der Waals surface area contributed by atoms with Gasteiger partial charge in [-0.15, -0.1) is 11.3 Å². The number of nitrogens with one attached hydrogen (secondary N) is 1. The van der Waals surface area contributed by atoms with Crippen LogP contribution in [0.25, 0.3) is 20.2 Å². The van der Waals surface area contributed by atoms with Crippen LogP contribution in [-0.2, 0) is 11.0 Å². The Morgan fingerprint density at radius 1 is 1.31 bits per heavy atom. The number of rotatable bonds is 3. The summed E-state index contributed by atoms with van der Waals surface area (Å²) in [5.74, 6) is -2.85. The minimum absolute atomic E-state index is 0.0831. The van der Waals surface area contributed by atoms with Gasteiger partial charge in [0.1, 0.15) is 11.7 Å². The Hall–Kier alpha value is -2.59. The molecule has 2 heterocycles. The van der Waals surface area contributed by atoms with E-state index in [1.165, 1.54) is 6.07 Å². The van der Waals surface area contributed by atoms with Gasteiger partial charge in [0, 0.05) is 15.5 Å². The van der Waals surface area contributed by atoms with Crippen LogP contribution >= 0.6 is 22.9 Å². The Morgan fingerprint density at radius 3 is 2.62 bits per heavy atom. The Morgan fingerprint density at radius 2 is 2.00 bits per heavy atom. The molecule has 3 aromatic rings. The zero-order valence-electron chi connectivity index (χ0n) is 12.5. The molecule has 11 heteroatoms. The predicted octanol–water partition coefficient (Wildman–Crippen LogP) is 3.64. The lowest BCUT2D eigenvalue weighted by Crippen LogP contribution is -2.30. The van der Waals surface area contributed by atoms with E-state index in [4.69, 9.17) is 16.7 Å². The number of fused-ring (bicyclic) bond motifs is 3. The van der Waals surface area contributed by atoms with Gasteiger partial charge in [0.15, 0.2) is 11.4 Å². The predicted molar refractivity (Wildman–Crippen MR) is 88.8 cm³/mol. The van der Waals surface area contributed by atoms with Crippen LogP contribution in [0.4, 0.5) is 13.2 Å². The van der Waals surface area contributed by atoms with Crippen molar-refractivity contribution in [2.45, 2.75) is 6.18 Å². The molecule has 0 radical (unpaired) electrons. The Bertz CT molecular complexity index is 1060. The number of aliphatic carboxylic acids is 1. The maximum atomic E-state index is 12.9. The quantitative estimate of drug-likeness (QED) is 0.579. The fourth-order valence-electron chi connectivity index (χ4n) is 2.36. The zero-order chi connectivity index (χ0) is 19.2. The summed E-state index contributed by atoms with van der Waals surface area (Å²) in [6.07, 6.45) is -4.55. The molecule has 3 rings (SSSR count). The Kier molecular flexibility index (Phi) is 4.41. The number of nitrogens with zero attached hydrogens (tertiary/aromatic N) is 1. The number of hydrogen-bond donors (Lipinski definition) is 3. The van der Waals surface area contributed by atoms with Gasteiger partial charge in [-0.2, -0.15) is 13.2 Å². The molecule has 26 heavy (non-hydrogen) atoms. The summed E-state index contributed by atoms with van der Waals surface area (Å²) in [5, 5.41) is 20.9. The van der Waals surface area contributed by atoms with E-state index in [0.29, 0.717) is 4.70 Å². The van der Waals surface area contributed by atoms with Gasteiger partial charge in [-0.1, -0.05) is 11.6 Å². The first-order valence-electron chi connectivity index (χ1n) is 6.91. The third-order valence-electron chi connectivity index (χ3n) is 3.49. The van der Waals surface area contributed by atoms with Crippen LogP contribution < -0.4 is 5.32 Å². The van der Waals surface area contributed by atoms with Gasteiger partial charge in [0.2, 0.25) is 0 Å². The Balaban J connectivity index is 2.20.